The lowest BCUT2D eigenvalue weighted by Gasteiger charge is -2.19. The molecule has 0 radical (unpaired) electrons. The van der Waals surface area contributed by atoms with E-state index < -0.39 is 6.04 Å². The van der Waals surface area contributed by atoms with Crippen LogP contribution in [-0.2, 0) is 25.3 Å². The maximum absolute atomic E-state index is 14.4. The first-order valence-electron chi connectivity index (χ1n) is 8.88. The number of hydrogen-bond donors (Lipinski definition) is 1. The van der Waals surface area contributed by atoms with Crippen LogP contribution < -0.4 is 5.32 Å². The second-order valence-electron chi connectivity index (χ2n) is 6.69. The first-order chi connectivity index (χ1) is 12.9. The molecule has 1 N–H and O–H groups in total. The van der Waals surface area contributed by atoms with E-state index in [4.69, 9.17) is 0 Å². The molecule has 3 rings (SSSR count). The molecular weight excluding hydrogens is 345 g/mol. The molecule has 0 bridgehead atoms. The van der Waals surface area contributed by atoms with E-state index in [1.54, 1.807) is 35.2 Å². The van der Waals surface area contributed by atoms with Gasteiger partial charge in [0.05, 0.1) is 5.69 Å². The number of carbonyl (C=O) groups is 1. The molecule has 2 aromatic heterocycles. The van der Waals surface area contributed by atoms with Crippen molar-refractivity contribution in [2.24, 2.45) is 14.1 Å². The Morgan fingerprint density at radius 2 is 2.00 bits per heavy atom. The van der Waals surface area contributed by atoms with Gasteiger partial charge in [-0.3, -0.25) is 9.48 Å². The minimum atomic E-state index is -0.644. The lowest BCUT2D eigenvalue weighted by molar-refractivity contribution is -0.121. The van der Waals surface area contributed by atoms with Gasteiger partial charge in [-0.15, -0.1) is 0 Å². The molecule has 1 aromatic carbocycles. The molecule has 142 valence electrons. The summed E-state index contributed by atoms with van der Waals surface area (Å²) in [6.45, 7) is 3.93. The van der Waals surface area contributed by atoms with Gasteiger partial charge in [-0.25, -0.2) is 9.37 Å². The van der Waals surface area contributed by atoms with Crippen LogP contribution in [0.15, 0.2) is 36.7 Å². The average molecular weight is 369 g/mol. The van der Waals surface area contributed by atoms with Crippen molar-refractivity contribution in [2.45, 2.75) is 32.7 Å². The lowest BCUT2D eigenvalue weighted by atomic mass is 10.0. The average Bonchev–Trinajstić information content (AvgIpc) is 3.15. The third kappa shape index (κ3) is 3.92. The molecule has 0 saturated heterocycles. The fourth-order valence-electron chi connectivity index (χ4n) is 3.30. The van der Waals surface area contributed by atoms with Crippen molar-refractivity contribution in [3.63, 3.8) is 0 Å². The topological polar surface area (TPSA) is 64.7 Å². The Morgan fingerprint density at radius 3 is 2.59 bits per heavy atom. The Morgan fingerprint density at radius 1 is 1.26 bits per heavy atom. The quantitative estimate of drug-likeness (QED) is 0.727. The number of aryl methyl sites for hydroxylation is 3. The lowest BCUT2D eigenvalue weighted by Crippen LogP contribution is -2.31. The number of imidazole rings is 1. The second-order valence-corrected chi connectivity index (χ2v) is 6.69. The van der Waals surface area contributed by atoms with Gasteiger partial charge >= 0.3 is 0 Å². The molecule has 27 heavy (non-hydrogen) atoms. The summed E-state index contributed by atoms with van der Waals surface area (Å²) in [5.74, 6) is 0.0563. The van der Waals surface area contributed by atoms with Crippen molar-refractivity contribution in [1.29, 1.82) is 0 Å². The molecule has 3 aromatic rings. The summed E-state index contributed by atoms with van der Waals surface area (Å²) in [7, 11) is 3.71. The molecule has 0 spiro atoms. The summed E-state index contributed by atoms with van der Waals surface area (Å²) in [4.78, 5) is 17.0. The fraction of sp³-hybridized carbons (Fsp3) is 0.350. The summed E-state index contributed by atoms with van der Waals surface area (Å²) < 4.78 is 18.0. The van der Waals surface area contributed by atoms with Crippen LogP contribution in [0.1, 0.15) is 40.8 Å². The van der Waals surface area contributed by atoms with E-state index in [0.717, 1.165) is 17.0 Å². The van der Waals surface area contributed by atoms with Crippen molar-refractivity contribution in [3.05, 3.63) is 70.8 Å². The summed E-state index contributed by atoms with van der Waals surface area (Å²) in [5.41, 5.74) is 3.45. The van der Waals surface area contributed by atoms with E-state index in [2.05, 4.69) is 15.4 Å². The first-order valence-corrected chi connectivity index (χ1v) is 8.88. The fourth-order valence-corrected chi connectivity index (χ4v) is 3.30. The largest absolute Gasteiger partial charge is 0.342 e. The highest BCUT2D eigenvalue weighted by molar-refractivity contribution is 5.77. The maximum atomic E-state index is 14.4. The number of aromatic nitrogens is 4. The maximum Gasteiger partial charge on any atom is 0.221 e. The molecular formula is C20H24FN5O. The van der Waals surface area contributed by atoms with Crippen LogP contribution in [0.3, 0.4) is 0 Å². The van der Waals surface area contributed by atoms with Crippen LogP contribution in [0, 0.1) is 19.7 Å². The van der Waals surface area contributed by atoms with Gasteiger partial charge in [0.15, 0.2) is 0 Å². The van der Waals surface area contributed by atoms with E-state index in [1.807, 2.05) is 32.6 Å². The Hall–Kier alpha value is -2.96. The summed E-state index contributed by atoms with van der Waals surface area (Å²) in [6, 6.07) is 5.80. The zero-order chi connectivity index (χ0) is 19.6. The van der Waals surface area contributed by atoms with Gasteiger partial charge in [0.1, 0.15) is 17.7 Å². The Balaban J connectivity index is 1.79. The smallest absolute Gasteiger partial charge is 0.221 e. The van der Waals surface area contributed by atoms with Gasteiger partial charge < -0.3 is 9.88 Å². The number of benzene rings is 1. The van der Waals surface area contributed by atoms with E-state index >= 15 is 0 Å². The second kappa shape index (κ2) is 7.73. The van der Waals surface area contributed by atoms with Crippen molar-refractivity contribution >= 4 is 5.91 Å². The molecule has 2 heterocycles. The minimum absolute atomic E-state index is 0.158. The Bertz CT molecular complexity index is 959. The number of halogens is 1. The zero-order valence-electron chi connectivity index (χ0n) is 16.0. The number of nitrogens with one attached hydrogen (secondary N) is 1. The molecule has 1 amide bonds. The van der Waals surface area contributed by atoms with E-state index in [9.17, 15) is 9.18 Å². The van der Waals surface area contributed by atoms with Crippen LogP contribution in [0.25, 0.3) is 0 Å². The number of nitrogens with zero attached hydrogens (tertiary/aromatic N) is 4. The van der Waals surface area contributed by atoms with Crippen LogP contribution >= 0.6 is 0 Å². The van der Waals surface area contributed by atoms with Gasteiger partial charge in [0.2, 0.25) is 5.91 Å². The van der Waals surface area contributed by atoms with Crippen molar-refractivity contribution in [2.75, 3.05) is 0 Å². The van der Waals surface area contributed by atoms with Crippen LogP contribution in [0.2, 0.25) is 0 Å². The molecule has 6 nitrogen and oxygen atoms in total. The Labute approximate surface area is 158 Å². The molecule has 7 heteroatoms. The molecule has 0 aliphatic rings. The first kappa shape index (κ1) is 18.8. The van der Waals surface area contributed by atoms with Gasteiger partial charge in [0, 0.05) is 44.2 Å². The predicted octanol–water partition coefficient (Wildman–Crippen LogP) is 2.75. The van der Waals surface area contributed by atoms with E-state index in [0.29, 0.717) is 24.2 Å². The van der Waals surface area contributed by atoms with Crippen LogP contribution in [0.5, 0.6) is 0 Å². The zero-order valence-corrected chi connectivity index (χ0v) is 16.0. The number of rotatable bonds is 6. The Kier molecular flexibility index (Phi) is 5.39. The standard InChI is InChI=1S/C20H24FN5O/c1-13-15(14(2)26(4)24-13)9-10-18(27)23-19(20-22-11-12-25(20)3)16-7-5-6-8-17(16)21/h5-8,11-12,19H,9-10H2,1-4H3,(H,23,27)/t19-/m0/s1. The van der Waals surface area contributed by atoms with Gasteiger partial charge in [-0.05, 0) is 31.9 Å². The van der Waals surface area contributed by atoms with Crippen molar-refractivity contribution in [1.82, 2.24) is 24.6 Å². The van der Waals surface area contributed by atoms with Crippen LogP contribution in [-0.4, -0.2) is 25.2 Å². The predicted molar refractivity (Wildman–Crippen MR) is 101 cm³/mol. The number of carbonyl (C=O) groups excluding carboxylic acids is 1. The molecule has 1 atom stereocenters. The van der Waals surface area contributed by atoms with Gasteiger partial charge in [0.25, 0.3) is 0 Å². The van der Waals surface area contributed by atoms with Gasteiger partial charge in [-0.1, -0.05) is 18.2 Å². The number of hydrogen-bond acceptors (Lipinski definition) is 3. The highest BCUT2D eigenvalue weighted by atomic mass is 19.1. The van der Waals surface area contributed by atoms with Crippen molar-refractivity contribution in [3.8, 4) is 0 Å². The summed E-state index contributed by atoms with van der Waals surface area (Å²) in [6.07, 6.45) is 4.29. The molecule has 0 fully saturated rings. The molecule has 0 saturated carbocycles. The van der Waals surface area contributed by atoms with E-state index in [-0.39, 0.29) is 11.7 Å². The molecule has 0 unspecified atom stereocenters. The highest BCUT2D eigenvalue weighted by Crippen LogP contribution is 2.23. The normalized spacial score (nSPS) is 12.2. The van der Waals surface area contributed by atoms with Crippen molar-refractivity contribution < 1.29 is 9.18 Å². The highest BCUT2D eigenvalue weighted by Gasteiger charge is 2.23. The van der Waals surface area contributed by atoms with E-state index in [1.165, 1.54) is 6.07 Å². The summed E-state index contributed by atoms with van der Waals surface area (Å²) in [5, 5.41) is 7.33. The molecule has 0 aliphatic carbocycles. The van der Waals surface area contributed by atoms with Crippen LogP contribution in [0.4, 0.5) is 4.39 Å². The third-order valence-corrected chi connectivity index (χ3v) is 4.90. The molecule has 0 aliphatic heterocycles. The SMILES string of the molecule is Cc1nn(C)c(C)c1CCC(=O)N[C@@H](c1ccccc1F)c1nccn1C. The monoisotopic (exact) mass is 369 g/mol. The third-order valence-electron chi connectivity index (χ3n) is 4.90. The minimum Gasteiger partial charge on any atom is -0.342 e. The van der Waals surface area contributed by atoms with Gasteiger partial charge in [-0.2, -0.15) is 5.10 Å². The number of amides is 1. The summed E-state index contributed by atoms with van der Waals surface area (Å²) >= 11 is 0.